The minimum atomic E-state index is -3.89. The summed E-state index contributed by atoms with van der Waals surface area (Å²) in [6.07, 6.45) is 4.59. The molecular formula is C23H27NO6S. The Labute approximate surface area is 182 Å². The molecule has 0 radical (unpaired) electrons. The van der Waals surface area contributed by atoms with Gasteiger partial charge in [0, 0.05) is 24.1 Å². The highest BCUT2D eigenvalue weighted by atomic mass is 32.2. The molecular weight excluding hydrogens is 418 g/mol. The number of fused-ring (bicyclic) bond motifs is 1. The molecule has 7 nitrogen and oxygen atoms in total. The zero-order valence-electron chi connectivity index (χ0n) is 17.9. The van der Waals surface area contributed by atoms with Gasteiger partial charge in [-0.15, -0.1) is 0 Å². The van der Waals surface area contributed by atoms with E-state index in [4.69, 9.17) is 14.6 Å². The number of carboxylic acids is 1. The standard InChI is InChI=1S/C23H27NO6S/c1-4-5-6-16-7-10-18(11-8-16)31(27,28)24-15-17(9-12-23(25)26)19-13-21(29-2)22(30-3)14-20(19)24/h7-8,10-11,13-15H,4-6,9,12H2,1-3H3,(H,25,26). The number of methoxy groups -OCH3 is 2. The van der Waals surface area contributed by atoms with E-state index < -0.39 is 16.0 Å². The SMILES string of the molecule is CCCCc1ccc(S(=O)(=O)n2cc(CCC(=O)O)c3cc(OC)c(OC)cc32)cc1. The summed E-state index contributed by atoms with van der Waals surface area (Å²) in [5.41, 5.74) is 2.11. The molecule has 0 saturated heterocycles. The van der Waals surface area contributed by atoms with E-state index in [1.54, 1.807) is 24.3 Å². The Morgan fingerprint density at radius 2 is 1.68 bits per heavy atom. The first-order valence-electron chi connectivity index (χ1n) is 10.1. The van der Waals surface area contributed by atoms with E-state index in [1.807, 2.05) is 12.1 Å². The Morgan fingerprint density at radius 1 is 1.03 bits per heavy atom. The predicted molar refractivity (Wildman–Crippen MR) is 119 cm³/mol. The summed E-state index contributed by atoms with van der Waals surface area (Å²) in [4.78, 5) is 11.3. The van der Waals surface area contributed by atoms with Gasteiger partial charge in [-0.3, -0.25) is 4.79 Å². The Hall–Kier alpha value is -3.00. The van der Waals surface area contributed by atoms with E-state index in [0.717, 1.165) is 24.8 Å². The van der Waals surface area contributed by atoms with Crippen LogP contribution in [0.4, 0.5) is 0 Å². The molecule has 0 unspecified atom stereocenters. The van der Waals surface area contributed by atoms with Crippen molar-refractivity contribution in [1.29, 1.82) is 0 Å². The van der Waals surface area contributed by atoms with Crippen molar-refractivity contribution in [2.75, 3.05) is 14.2 Å². The van der Waals surface area contributed by atoms with Crippen molar-refractivity contribution in [2.45, 2.75) is 43.9 Å². The Balaban J connectivity index is 2.13. The predicted octanol–water partition coefficient (Wildman–Crippen LogP) is 4.26. The molecule has 0 fully saturated rings. The van der Waals surface area contributed by atoms with Crippen LogP contribution in [0.15, 0.2) is 47.5 Å². The molecule has 8 heteroatoms. The number of nitrogens with zero attached hydrogens (tertiary/aromatic N) is 1. The summed E-state index contributed by atoms with van der Waals surface area (Å²) in [6.45, 7) is 2.11. The molecule has 0 atom stereocenters. The molecule has 31 heavy (non-hydrogen) atoms. The number of aryl methyl sites for hydroxylation is 2. The first-order chi connectivity index (χ1) is 14.8. The van der Waals surface area contributed by atoms with E-state index in [9.17, 15) is 13.2 Å². The summed E-state index contributed by atoms with van der Waals surface area (Å²) in [5.74, 6) is -0.113. The fourth-order valence-corrected chi connectivity index (χ4v) is 4.93. The summed E-state index contributed by atoms with van der Waals surface area (Å²) in [6, 6.07) is 10.2. The second-order valence-electron chi connectivity index (χ2n) is 7.32. The number of benzene rings is 2. The molecule has 0 bridgehead atoms. The van der Waals surface area contributed by atoms with Gasteiger partial charge in [0.1, 0.15) is 0 Å². The van der Waals surface area contributed by atoms with Crippen LogP contribution in [-0.2, 0) is 27.7 Å². The fourth-order valence-electron chi connectivity index (χ4n) is 3.55. The number of aromatic nitrogens is 1. The van der Waals surface area contributed by atoms with Crippen molar-refractivity contribution in [3.8, 4) is 11.5 Å². The van der Waals surface area contributed by atoms with E-state index in [-0.39, 0.29) is 17.7 Å². The van der Waals surface area contributed by atoms with E-state index >= 15 is 0 Å². The number of aliphatic carboxylic acids is 1. The highest BCUT2D eigenvalue weighted by molar-refractivity contribution is 7.90. The van der Waals surface area contributed by atoms with Gasteiger partial charge in [-0.05, 0) is 48.6 Å². The summed E-state index contributed by atoms with van der Waals surface area (Å²) in [7, 11) is -0.920. The van der Waals surface area contributed by atoms with E-state index in [0.29, 0.717) is 28.0 Å². The van der Waals surface area contributed by atoms with Crippen LogP contribution in [0.2, 0.25) is 0 Å². The lowest BCUT2D eigenvalue weighted by Gasteiger charge is -2.11. The third kappa shape index (κ3) is 4.69. The van der Waals surface area contributed by atoms with Crippen molar-refractivity contribution < 1.29 is 27.8 Å². The third-order valence-electron chi connectivity index (χ3n) is 5.27. The Bertz CT molecular complexity index is 1180. The summed E-state index contributed by atoms with van der Waals surface area (Å²) < 4.78 is 38.8. The van der Waals surface area contributed by atoms with Gasteiger partial charge in [0.25, 0.3) is 10.0 Å². The number of rotatable bonds is 10. The van der Waals surface area contributed by atoms with Crippen molar-refractivity contribution in [3.63, 3.8) is 0 Å². The molecule has 0 amide bonds. The smallest absolute Gasteiger partial charge is 0.303 e. The molecule has 2 aromatic carbocycles. The molecule has 1 aromatic heterocycles. The lowest BCUT2D eigenvalue weighted by molar-refractivity contribution is -0.136. The van der Waals surface area contributed by atoms with Gasteiger partial charge in [-0.25, -0.2) is 12.4 Å². The zero-order valence-corrected chi connectivity index (χ0v) is 18.7. The second-order valence-corrected chi connectivity index (χ2v) is 9.14. The minimum absolute atomic E-state index is 0.111. The second kappa shape index (κ2) is 9.43. The van der Waals surface area contributed by atoms with Gasteiger partial charge in [-0.1, -0.05) is 25.5 Å². The maximum atomic E-state index is 13.5. The van der Waals surface area contributed by atoms with Crippen LogP contribution in [-0.4, -0.2) is 37.7 Å². The van der Waals surface area contributed by atoms with Crippen LogP contribution in [0.3, 0.4) is 0 Å². The molecule has 0 aliphatic heterocycles. The summed E-state index contributed by atoms with van der Waals surface area (Å²) in [5, 5.41) is 9.71. The van der Waals surface area contributed by atoms with Gasteiger partial charge in [-0.2, -0.15) is 0 Å². The maximum absolute atomic E-state index is 13.5. The van der Waals surface area contributed by atoms with Crippen molar-refractivity contribution >= 4 is 26.9 Å². The molecule has 3 aromatic rings. The number of hydrogen-bond acceptors (Lipinski definition) is 5. The molecule has 1 heterocycles. The molecule has 0 saturated carbocycles. The molecule has 0 aliphatic rings. The van der Waals surface area contributed by atoms with Gasteiger partial charge in [0.2, 0.25) is 0 Å². The normalized spacial score (nSPS) is 11.6. The minimum Gasteiger partial charge on any atom is -0.493 e. The molecule has 0 aliphatic carbocycles. The zero-order chi connectivity index (χ0) is 22.6. The molecule has 0 spiro atoms. The van der Waals surface area contributed by atoms with Crippen LogP contribution < -0.4 is 9.47 Å². The van der Waals surface area contributed by atoms with E-state index in [2.05, 4.69) is 6.92 Å². The van der Waals surface area contributed by atoms with Crippen LogP contribution in [0.1, 0.15) is 37.3 Å². The van der Waals surface area contributed by atoms with Crippen LogP contribution in [0.5, 0.6) is 11.5 Å². The van der Waals surface area contributed by atoms with Gasteiger partial charge in [0.05, 0.1) is 24.6 Å². The molecule has 1 N–H and O–H groups in total. The monoisotopic (exact) mass is 445 g/mol. The van der Waals surface area contributed by atoms with E-state index in [1.165, 1.54) is 24.4 Å². The van der Waals surface area contributed by atoms with Gasteiger partial charge >= 0.3 is 5.97 Å². The third-order valence-corrected chi connectivity index (χ3v) is 6.95. The average Bonchev–Trinajstić information content (AvgIpc) is 3.13. The number of carbonyl (C=O) groups is 1. The largest absolute Gasteiger partial charge is 0.493 e. The number of ether oxygens (including phenoxy) is 2. The van der Waals surface area contributed by atoms with Crippen molar-refractivity contribution in [2.24, 2.45) is 0 Å². The lowest BCUT2D eigenvalue weighted by atomic mass is 10.1. The quantitative estimate of drug-likeness (QED) is 0.501. The number of hydrogen-bond donors (Lipinski definition) is 1. The Morgan fingerprint density at radius 3 is 2.26 bits per heavy atom. The summed E-state index contributed by atoms with van der Waals surface area (Å²) >= 11 is 0. The lowest BCUT2D eigenvalue weighted by Crippen LogP contribution is -2.12. The van der Waals surface area contributed by atoms with Crippen LogP contribution in [0, 0.1) is 0 Å². The fraction of sp³-hybridized carbons (Fsp3) is 0.348. The maximum Gasteiger partial charge on any atom is 0.303 e. The van der Waals surface area contributed by atoms with Crippen molar-refractivity contribution in [1.82, 2.24) is 3.97 Å². The topological polar surface area (TPSA) is 94.8 Å². The van der Waals surface area contributed by atoms with Crippen LogP contribution in [0.25, 0.3) is 10.9 Å². The average molecular weight is 446 g/mol. The number of unbranched alkanes of at least 4 members (excludes halogenated alkanes) is 1. The van der Waals surface area contributed by atoms with Crippen LogP contribution >= 0.6 is 0 Å². The highest BCUT2D eigenvalue weighted by Gasteiger charge is 2.23. The first kappa shape index (κ1) is 22.7. The van der Waals surface area contributed by atoms with Gasteiger partial charge in [0.15, 0.2) is 11.5 Å². The highest BCUT2D eigenvalue weighted by Crippen LogP contribution is 2.36. The molecule has 3 rings (SSSR count). The number of carboxylic acid groups (broad SMARTS) is 1. The first-order valence-corrected chi connectivity index (χ1v) is 11.6. The van der Waals surface area contributed by atoms with Crippen molar-refractivity contribution in [3.05, 3.63) is 53.7 Å². The molecule has 166 valence electrons. The van der Waals surface area contributed by atoms with Gasteiger partial charge < -0.3 is 14.6 Å². The Kier molecular flexibility index (Phi) is 6.90.